The molecule has 1 N–H and O–H groups in total. The third kappa shape index (κ3) is 6.29. The van der Waals surface area contributed by atoms with E-state index in [1.54, 1.807) is 18.2 Å². The molecule has 0 fully saturated rings. The maximum Gasteiger partial charge on any atom is 0.278 e. The second kappa shape index (κ2) is 12.0. The number of benzene rings is 5. The first kappa shape index (κ1) is 27.4. The second-order valence-corrected chi connectivity index (χ2v) is 10.3. The van der Waals surface area contributed by atoms with E-state index in [2.05, 4.69) is 5.32 Å². The van der Waals surface area contributed by atoms with Crippen LogP contribution in [0, 0.1) is 13.8 Å². The predicted molar refractivity (Wildman–Crippen MR) is 172 cm³/mol. The van der Waals surface area contributed by atoms with Crippen LogP contribution in [0.3, 0.4) is 0 Å². The van der Waals surface area contributed by atoms with Crippen LogP contribution in [0.4, 0.5) is 5.69 Å². The Morgan fingerprint density at radius 2 is 1.40 bits per heavy atom. The minimum absolute atomic E-state index is 0.197. The Bertz CT molecular complexity index is 1990. The summed E-state index contributed by atoms with van der Waals surface area (Å²) < 4.78 is 7.64. The maximum atomic E-state index is 13.7. The average molecular weight is 564 g/mol. The van der Waals surface area contributed by atoms with E-state index in [0.717, 1.165) is 22.1 Å². The molecule has 6 aromatic rings. The summed E-state index contributed by atoms with van der Waals surface area (Å²) in [5, 5.41) is 8.47. The van der Waals surface area contributed by atoms with Gasteiger partial charge in [-0.2, -0.15) is 9.78 Å². The standard InChI is InChI=1S/C37H29N3O3/c1-25-9-6-13-28(21-25)36(41)38-30-15-8-16-31(23-30)43-32-18-19-33-34(20-17-27-11-4-3-5-12-27)39-40(35(33)24-32)37(42)29-14-7-10-26(2)22-29/h3-24H,1-2H3,(H,38,41)/b20-17+. The van der Waals surface area contributed by atoms with E-state index in [1.165, 1.54) is 4.68 Å². The number of aromatic nitrogens is 2. The highest BCUT2D eigenvalue weighted by molar-refractivity contribution is 6.05. The smallest absolute Gasteiger partial charge is 0.278 e. The van der Waals surface area contributed by atoms with Crippen LogP contribution < -0.4 is 10.1 Å². The number of anilines is 1. The van der Waals surface area contributed by atoms with Gasteiger partial charge in [0.1, 0.15) is 11.5 Å². The lowest BCUT2D eigenvalue weighted by atomic mass is 10.1. The molecule has 0 aliphatic carbocycles. The van der Waals surface area contributed by atoms with E-state index in [0.29, 0.717) is 39.5 Å². The summed E-state index contributed by atoms with van der Waals surface area (Å²) in [6, 6.07) is 37.6. The van der Waals surface area contributed by atoms with Gasteiger partial charge in [0, 0.05) is 34.3 Å². The van der Waals surface area contributed by atoms with Gasteiger partial charge in [-0.1, -0.05) is 77.9 Å². The fourth-order valence-corrected chi connectivity index (χ4v) is 4.86. The monoisotopic (exact) mass is 563 g/mol. The normalized spacial score (nSPS) is 11.1. The highest BCUT2D eigenvalue weighted by Crippen LogP contribution is 2.30. The van der Waals surface area contributed by atoms with Gasteiger partial charge in [-0.05, 0) is 74.0 Å². The molecule has 1 heterocycles. The van der Waals surface area contributed by atoms with E-state index >= 15 is 0 Å². The highest BCUT2D eigenvalue weighted by Gasteiger charge is 2.18. The van der Waals surface area contributed by atoms with Gasteiger partial charge in [-0.3, -0.25) is 9.59 Å². The zero-order valence-electron chi connectivity index (χ0n) is 23.8. The molecular weight excluding hydrogens is 534 g/mol. The Kier molecular flexibility index (Phi) is 7.66. The highest BCUT2D eigenvalue weighted by atomic mass is 16.5. The van der Waals surface area contributed by atoms with Crippen molar-refractivity contribution in [1.29, 1.82) is 0 Å². The van der Waals surface area contributed by atoms with Gasteiger partial charge in [-0.25, -0.2) is 0 Å². The molecular formula is C37H29N3O3. The van der Waals surface area contributed by atoms with E-state index < -0.39 is 0 Å². The Hall–Kier alpha value is -5.75. The molecule has 210 valence electrons. The third-order valence-electron chi connectivity index (χ3n) is 6.98. The van der Waals surface area contributed by atoms with E-state index in [1.807, 2.05) is 129 Å². The Morgan fingerprint density at radius 3 is 2.16 bits per heavy atom. The number of rotatable bonds is 7. The molecule has 0 saturated heterocycles. The third-order valence-corrected chi connectivity index (χ3v) is 6.98. The molecule has 6 rings (SSSR count). The van der Waals surface area contributed by atoms with Crippen molar-refractivity contribution in [2.45, 2.75) is 13.8 Å². The molecule has 6 nitrogen and oxygen atoms in total. The Labute approximate surface area is 249 Å². The van der Waals surface area contributed by atoms with Gasteiger partial charge in [-0.15, -0.1) is 0 Å². The van der Waals surface area contributed by atoms with Crippen molar-refractivity contribution in [2.24, 2.45) is 0 Å². The molecule has 0 aliphatic rings. The molecule has 0 bridgehead atoms. The van der Waals surface area contributed by atoms with Crippen molar-refractivity contribution in [3.63, 3.8) is 0 Å². The van der Waals surface area contributed by atoms with Gasteiger partial charge in [0.05, 0.1) is 11.2 Å². The van der Waals surface area contributed by atoms with Crippen LogP contribution in [0.25, 0.3) is 23.1 Å². The van der Waals surface area contributed by atoms with Crippen molar-refractivity contribution < 1.29 is 14.3 Å². The van der Waals surface area contributed by atoms with Crippen LogP contribution >= 0.6 is 0 Å². The largest absolute Gasteiger partial charge is 0.457 e. The molecule has 0 radical (unpaired) electrons. The number of carbonyl (C=O) groups is 2. The SMILES string of the molecule is Cc1cccc(C(=O)Nc2cccc(Oc3ccc4c(/C=C/c5ccccc5)nn(C(=O)c5cccc(C)c5)c4c3)c2)c1. The quantitative estimate of drug-likeness (QED) is 0.211. The number of fused-ring (bicyclic) bond motifs is 1. The Morgan fingerprint density at radius 1 is 0.698 bits per heavy atom. The minimum Gasteiger partial charge on any atom is -0.457 e. The van der Waals surface area contributed by atoms with Crippen LogP contribution in [0.5, 0.6) is 11.5 Å². The zero-order chi connectivity index (χ0) is 29.8. The molecule has 0 saturated carbocycles. The molecule has 5 aromatic carbocycles. The molecule has 1 aromatic heterocycles. The van der Waals surface area contributed by atoms with Crippen LogP contribution in [0.1, 0.15) is 43.1 Å². The molecule has 0 spiro atoms. The van der Waals surface area contributed by atoms with Crippen molar-refractivity contribution in [2.75, 3.05) is 5.32 Å². The number of nitrogens with one attached hydrogen (secondary N) is 1. The first-order chi connectivity index (χ1) is 20.9. The van der Waals surface area contributed by atoms with Crippen molar-refractivity contribution >= 4 is 40.6 Å². The van der Waals surface area contributed by atoms with Crippen LogP contribution in [0.15, 0.2) is 121 Å². The summed E-state index contributed by atoms with van der Waals surface area (Å²) in [7, 11) is 0. The zero-order valence-corrected chi connectivity index (χ0v) is 23.8. The summed E-state index contributed by atoms with van der Waals surface area (Å²) in [6.45, 7) is 3.90. The van der Waals surface area contributed by atoms with E-state index in [-0.39, 0.29) is 11.8 Å². The molecule has 1 amide bonds. The number of amides is 1. The summed E-state index contributed by atoms with van der Waals surface area (Å²) in [5.41, 5.74) is 6.08. The molecule has 43 heavy (non-hydrogen) atoms. The van der Waals surface area contributed by atoms with Gasteiger partial charge in [0.2, 0.25) is 0 Å². The first-order valence-electron chi connectivity index (χ1n) is 14.0. The summed E-state index contributed by atoms with van der Waals surface area (Å²) in [4.78, 5) is 26.4. The van der Waals surface area contributed by atoms with Crippen molar-refractivity contribution in [3.8, 4) is 11.5 Å². The fourth-order valence-electron chi connectivity index (χ4n) is 4.86. The summed E-state index contributed by atoms with van der Waals surface area (Å²) >= 11 is 0. The molecule has 0 atom stereocenters. The number of nitrogens with zero attached hydrogens (tertiary/aromatic N) is 2. The molecule has 6 heteroatoms. The van der Waals surface area contributed by atoms with Crippen LogP contribution in [-0.2, 0) is 0 Å². The Balaban J connectivity index is 1.32. The van der Waals surface area contributed by atoms with Crippen LogP contribution in [-0.4, -0.2) is 21.6 Å². The lowest BCUT2D eigenvalue weighted by molar-refractivity contribution is 0.0949. The minimum atomic E-state index is -0.230. The number of carbonyl (C=O) groups excluding carboxylic acids is 2. The fraction of sp³-hybridized carbons (Fsp3) is 0.0541. The summed E-state index contributed by atoms with van der Waals surface area (Å²) in [6.07, 6.45) is 3.89. The van der Waals surface area contributed by atoms with Crippen LogP contribution in [0.2, 0.25) is 0 Å². The van der Waals surface area contributed by atoms with Crippen molar-refractivity contribution in [1.82, 2.24) is 9.78 Å². The number of ether oxygens (including phenoxy) is 1. The first-order valence-corrected chi connectivity index (χ1v) is 14.0. The maximum absolute atomic E-state index is 13.7. The van der Waals surface area contributed by atoms with E-state index in [4.69, 9.17) is 9.84 Å². The van der Waals surface area contributed by atoms with Gasteiger partial charge in [0.15, 0.2) is 0 Å². The average Bonchev–Trinajstić information content (AvgIpc) is 3.38. The topological polar surface area (TPSA) is 73.2 Å². The number of aryl methyl sites for hydroxylation is 2. The van der Waals surface area contributed by atoms with E-state index in [9.17, 15) is 9.59 Å². The van der Waals surface area contributed by atoms with Gasteiger partial charge < -0.3 is 10.1 Å². The molecule has 0 unspecified atom stereocenters. The van der Waals surface area contributed by atoms with Crippen molar-refractivity contribution in [3.05, 3.63) is 155 Å². The predicted octanol–water partition coefficient (Wildman–Crippen LogP) is 8.56. The second-order valence-electron chi connectivity index (χ2n) is 10.3. The van der Waals surface area contributed by atoms with Gasteiger partial charge >= 0.3 is 0 Å². The van der Waals surface area contributed by atoms with Gasteiger partial charge in [0.25, 0.3) is 11.8 Å². The summed E-state index contributed by atoms with van der Waals surface area (Å²) in [5.74, 6) is 0.649. The number of hydrogen-bond donors (Lipinski definition) is 1. The molecule has 0 aliphatic heterocycles. The number of hydrogen-bond acceptors (Lipinski definition) is 4. The lowest BCUT2D eigenvalue weighted by Crippen LogP contribution is -2.13. The lowest BCUT2D eigenvalue weighted by Gasteiger charge is -2.10.